The fourth-order valence-electron chi connectivity index (χ4n) is 3.12. The van der Waals surface area contributed by atoms with Gasteiger partial charge in [-0.3, -0.25) is 9.59 Å². The molecule has 2 atom stereocenters. The minimum Gasteiger partial charge on any atom is -0.467 e. The molecule has 1 aliphatic heterocycles. The lowest BCUT2D eigenvalue weighted by molar-refractivity contribution is -0.146. The molecule has 1 saturated heterocycles. The van der Waals surface area contributed by atoms with Gasteiger partial charge in [-0.25, -0.2) is 4.79 Å². The molecule has 0 saturated carbocycles. The number of nitrogens with zero attached hydrogens (tertiary/aromatic N) is 1. The number of carbonyl (C=O) groups is 3. The second-order valence-corrected chi connectivity index (χ2v) is 7.01. The van der Waals surface area contributed by atoms with E-state index in [1.54, 1.807) is 29.2 Å². The molecule has 1 aliphatic rings. The van der Waals surface area contributed by atoms with Gasteiger partial charge in [0.2, 0.25) is 11.8 Å². The van der Waals surface area contributed by atoms with E-state index in [-0.39, 0.29) is 5.91 Å². The first kappa shape index (κ1) is 19.1. The summed E-state index contributed by atoms with van der Waals surface area (Å²) in [5.41, 5.74) is 1.33. The van der Waals surface area contributed by atoms with E-state index in [1.165, 1.54) is 7.11 Å². The SMILES string of the molecule is COC(=O)C(NC(=O)C1CCN(c2ccccc2Br)C1=O)c1ccccc1. The Morgan fingerprint density at radius 2 is 1.81 bits per heavy atom. The summed E-state index contributed by atoms with van der Waals surface area (Å²) in [6, 6.07) is 15.2. The quantitative estimate of drug-likeness (QED) is 0.584. The molecule has 0 bridgehead atoms. The van der Waals surface area contributed by atoms with Crippen molar-refractivity contribution >= 4 is 39.4 Å². The monoisotopic (exact) mass is 430 g/mol. The second kappa shape index (κ2) is 8.35. The molecule has 2 aromatic rings. The molecule has 1 N–H and O–H groups in total. The van der Waals surface area contributed by atoms with E-state index >= 15 is 0 Å². The molecule has 2 amide bonds. The predicted octanol–water partition coefficient (Wildman–Crippen LogP) is 2.83. The van der Waals surface area contributed by atoms with Crippen LogP contribution in [0.25, 0.3) is 0 Å². The molecule has 6 nitrogen and oxygen atoms in total. The lowest BCUT2D eigenvalue weighted by Crippen LogP contribution is -2.41. The smallest absolute Gasteiger partial charge is 0.333 e. The maximum Gasteiger partial charge on any atom is 0.333 e. The highest BCUT2D eigenvalue weighted by Gasteiger charge is 2.39. The maximum absolute atomic E-state index is 12.8. The number of rotatable bonds is 5. The Hall–Kier alpha value is -2.67. The van der Waals surface area contributed by atoms with Gasteiger partial charge in [0.25, 0.3) is 0 Å². The Bertz CT molecular complexity index is 856. The van der Waals surface area contributed by atoms with E-state index in [9.17, 15) is 14.4 Å². The van der Waals surface area contributed by atoms with Gasteiger partial charge in [0.1, 0.15) is 5.92 Å². The molecule has 1 fully saturated rings. The van der Waals surface area contributed by atoms with Crippen LogP contribution in [0.15, 0.2) is 59.1 Å². The third kappa shape index (κ3) is 4.03. The van der Waals surface area contributed by atoms with Gasteiger partial charge in [-0.2, -0.15) is 0 Å². The van der Waals surface area contributed by atoms with E-state index in [2.05, 4.69) is 21.2 Å². The fraction of sp³-hybridized carbons (Fsp3) is 0.250. The van der Waals surface area contributed by atoms with Gasteiger partial charge in [0.05, 0.1) is 12.8 Å². The number of nitrogens with one attached hydrogen (secondary N) is 1. The van der Waals surface area contributed by atoms with Crippen molar-refractivity contribution < 1.29 is 19.1 Å². The minimum absolute atomic E-state index is 0.281. The molecule has 27 heavy (non-hydrogen) atoms. The number of carbonyl (C=O) groups excluding carboxylic acids is 3. The van der Waals surface area contributed by atoms with Crippen molar-refractivity contribution in [2.24, 2.45) is 5.92 Å². The van der Waals surface area contributed by atoms with Crippen molar-refractivity contribution in [2.75, 3.05) is 18.6 Å². The highest BCUT2D eigenvalue weighted by molar-refractivity contribution is 9.10. The van der Waals surface area contributed by atoms with Crippen molar-refractivity contribution in [2.45, 2.75) is 12.5 Å². The number of amides is 2. The summed E-state index contributed by atoms with van der Waals surface area (Å²) in [5, 5.41) is 2.67. The van der Waals surface area contributed by atoms with Gasteiger partial charge in [0, 0.05) is 11.0 Å². The first-order valence-electron chi connectivity index (χ1n) is 8.52. The van der Waals surface area contributed by atoms with Gasteiger partial charge in [-0.15, -0.1) is 0 Å². The van der Waals surface area contributed by atoms with Crippen LogP contribution in [0.5, 0.6) is 0 Å². The average molecular weight is 431 g/mol. The summed E-state index contributed by atoms with van der Waals surface area (Å²) in [6.07, 6.45) is 0.384. The first-order valence-corrected chi connectivity index (χ1v) is 9.31. The Morgan fingerprint density at radius 1 is 1.15 bits per heavy atom. The molecule has 0 aromatic heterocycles. The van der Waals surface area contributed by atoms with Crippen LogP contribution < -0.4 is 10.2 Å². The minimum atomic E-state index is -0.950. The lowest BCUT2D eigenvalue weighted by atomic mass is 10.0. The summed E-state index contributed by atoms with van der Waals surface area (Å²) in [5.74, 6) is -2.18. The zero-order valence-corrected chi connectivity index (χ0v) is 16.3. The van der Waals surface area contributed by atoms with Crippen LogP contribution in [0.1, 0.15) is 18.0 Å². The molecule has 1 heterocycles. The normalized spacial score (nSPS) is 17.5. The van der Waals surface area contributed by atoms with Crippen LogP contribution in [0, 0.1) is 5.92 Å². The lowest BCUT2D eigenvalue weighted by Gasteiger charge is -2.20. The van der Waals surface area contributed by atoms with Crippen LogP contribution in [0.2, 0.25) is 0 Å². The number of esters is 1. The number of halogens is 1. The average Bonchev–Trinajstić information content (AvgIpc) is 3.07. The number of hydrogen-bond donors (Lipinski definition) is 1. The third-order valence-corrected chi connectivity index (χ3v) is 5.19. The third-order valence-electron chi connectivity index (χ3n) is 4.52. The Kier molecular flexibility index (Phi) is 5.91. The fourth-order valence-corrected chi connectivity index (χ4v) is 3.62. The molecule has 2 aromatic carbocycles. The van der Waals surface area contributed by atoms with Crippen LogP contribution in [0.3, 0.4) is 0 Å². The summed E-state index contributed by atoms with van der Waals surface area (Å²) >= 11 is 3.43. The van der Waals surface area contributed by atoms with Crippen LogP contribution in [0.4, 0.5) is 5.69 Å². The molecule has 0 aliphatic carbocycles. The largest absolute Gasteiger partial charge is 0.467 e. The van der Waals surface area contributed by atoms with Crippen molar-refractivity contribution in [1.82, 2.24) is 5.32 Å². The van der Waals surface area contributed by atoms with E-state index < -0.39 is 23.8 Å². The van der Waals surface area contributed by atoms with E-state index in [1.807, 2.05) is 30.3 Å². The summed E-state index contributed by atoms with van der Waals surface area (Å²) in [6.45, 7) is 0.438. The first-order chi connectivity index (χ1) is 13.0. The molecular formula is C20H19BrN2O4. The number of methoxy groups -OCH3 is 1. The van der Waals surface area contributed by atoms with Crippen molar-refractivity contribution in [1.29, 1.82) is 0 Å². The van der Waals surface area contributed by atoms with Crippen molar-refractivity contribution in [3.05, 3.63) is 64.6 Å². The molecular weight excluding hydrogens is 412 g/mol. The Morgan fingerprint density at radius 3 is 2.48 bits per heavy atom. The van der Waals surface area contributed by atoms with Gasteiger partial charge in [0.15, 0.2) is 6.04 Å². The molecule has 7 heteroatoms. The van der Waals surface area contributed by atoms with Crippen LogP contribution >= 0.6 is 15.9 Å². The number of benzene rings is 2. The van der Waals surface area contributed by atoms with E-state index in [0.717, 1.165) is 10.2 Å². The molecule has 2 unspecified atom stereocenters. The maximum atomic E-state index is 12.8. The second-order valence-electron chi connectivity index (χ2n) is 6.16. The zero-order valence-electron chi connectivity index (χ0n) is 14.7. The van der Waals surface area contributed by atoms with Gasteiger partial charge in [-0.1, -0.05) is 42.5 Å². The number of para-hydroxylation sites is 1. The van der Waals surface area contributed by atoms with Gasteiger partial charge < -0.3 is 15.0 Å². The highest BCUT2D eigenvalue weighted by atomic mass is 79.9. The topological polar surface area (TPSA) is 75.7 Å². The summed E-state index contributed by atoms with van der Waals surface area (Å²) in [7, 11) is 1.26. The molecule has 140 valence electrons. The van der Waals surface area contributed by atoms with Crippen LogP contribution in [-0.2, 0) is 19.1 Å². The van der Waals surface area contributed by atoms with Crippen molar-refractivity contribution in [3.8, 4) is 0 Å². The van der Waals surface area contributed by atoms with E-state index in [0.29, 0.717) is 18.5 Å². The Labute approximate surface area is 165 Å². The molecule has 3 rings (SSSR count). The Balaban J connectivity index is 1.76. The molecule has 0 radical (unpaired) electrons. The summed E-state index contributed by atoms with van der Waals surface area (Å²) < 4.78 is 5.60. The van der Waals surface area contributed by atoms with Gasteiger partial charge >= 0.3 is 5.97 Å². The van der Waals surface area contributed by atoms with Crippen LogP contribution in [-0.4, -0.2) is 31.4 Å². The zero-order chi connectivity index (χ0) is 19.4. The standard InChI is InChI=1S/C20H19BrN2O4/c1-27-20(26)17(13-7-3-2-4-8-13)22-18(24)14-11-12-23(19(14)25)16-10-6-5-9-15(16)21/h2-10,14,17H,11-12H2,1H3,(H,22,24). The predicted molar refractivity (Wildman–Crippen MR) is 104 cm³/mol. The number of ether oxygens (including phenoxy) is 1. The van der Waals surface area contributed by atoms with Gasteiger partial charge in [-0.05, 0) is 40.0 Å². The van der Waals surface area contributed by atoms with Crippen molar-refractivity contribution in [3.63, 3.8) is 0 Å². The number of hydrogen-bond acceptors (Lipinski definition) is 4. The highest BCUT2D eigenvalue weighted by Crippen LogP contribution is 2.31. The van der Waals surface area contributed by atoms with E-state index in [4.69, 9.17) is 4.74 Å². The summed E-state index contributed by atoms with van der Waals surface area (Å²) in [4.78, 5) is 39.3. The molecule has 0 spiro atoms. The number of anilines is 1.